The Morgan fingerprint density at radius 3 is 1.75 bits per heavy atom. The lowest BCUT2D eigenvalue weighted by molar-refractivity contribution is 0.749. The number of alkyl halides is 1. The molecule has 61 heavy (non-hydrogen) atoms. The van der Waals surface area contributed by atoms with E-state index in [1.165, 1.54) is 12.7 Å². The monoisotopic (exact) mass is 871 g/mol. The van der Waals surface area contributed by atoms with Gasteiger partial charge in [0.15, 0.2) is 17.3 Å². The van der Waals surface area contributed by atoms with Crippen LogP contribution in [-0.4, -0.2) is 44.8 Å². The summed E-state index contributed by atoms with van der Waals surface area (Å²) in [6.45, 7) is 8.41. The van der Waals surface area contributed by atoms with Crippen LogP contribution in [0.3, 0.4) is 0 Å². The van der Waals surface area contributed by atoms with Gasteiger partial charge in [-0.25, -0.2) is 24.9 Å². The Balaban J connectivity index is 0.000000143. The van der Waals surface area contributed by atoms with E-state index in [0.717, 1.165) is 84.4 Å². The van der Waals surface area contributed by atoms with Gasteiger partial charge in [-0.1, -0.05) is 88.7 Å². The Morgan fingerprint density at radius 1 is 0.623 bits per heavy atom. The number of pyridine rings is 2. The number of halogens is 1. The van der Waals surface area contributed by atoms with Crippen molar-refractivity contribution in [3.63, 3.8) is 0 Å². The van der Waals surface area contributed by atoms with Gasteiger partial charge in [0, 0.05) is 29.4 Å². The number of rotatable bonds is 5. The first-order valence-corrected chi connectivity index (χ1v) is 20.7. The van der Waals surface area contributed by atoms with Gasteiger partial charge in [-0.3, -0.25) is 23.7 Å². The average molecular weight is 873 g/mol. The Kier molecular flexibility index (Phi) is 11.3. The summed E-state index contributed by atoms with van der Waals surface area (Å²) in [7, 11) is 0. The van der Waals surface area contributed by atoms with Crippen LogP contribution in [0.15, 0.2) is 131 Å². The van der Waals surface area contributed by atoms with Crippen molar-refractivity contribution in [3.8, 4) is 11.4 Å². The molecule has 0 fully saturated rings. The van der Waals surface area contributed by atoms with Gasteiger partial charge in [-0.05, 0) is 85.0 Å². The van der Waals surface area contributed by atoms with E-state index < -0.39 is 0 Å². The molecular weight excluding hydrogens is 830 g/mol. The fraction of sp³-hybridized carbons (Fsp3) is 0.149. The predicted molar refractivity (Wildman–Crippen MR) is 248 cm³/mol. The second kappa shape index (κ2) is 17.1. The molecule has 0 aliphatic carbocycles. The first kappa shape index (κ1) is 40.5. The zero-order valence-corrected chi connectivity index (χ0v) is 35.6. The lowest BCUT2D eigenvalue weighted by atomic mass is 10.1. The molecule has 0 radical (unpaired) electrons. The van der Waals surface area contributed by atoms with Crippen LogP contribution < -0.4 is 22.6 Å². The molecule has 13 nitrogen and oxygen atoms in total. The normalized spacial score (nSPS) is 11.6. The number of hydrogen-bond acceptors (Lipinski definition) is 10. The summed E-state index contributed by atoms with van der Waals surface area (Å²) in [4.78, 5) is 51.2. The van der Waals surface area contributed by atoms with Crippen LogP contribution in [0.4, 0.5) is 17.3 Å². The number of para-hydroxylation sites is 2. The Labute approximate surface area is 359 Å². The quantitative estimate of drug-likeness (QED) is 0.161. The molecular formula is C47H42BrN11O2. The maximum absolute atomic E-state index is 13.7. The Hall–Kier alpha value is -7.32. The lowest BCUT2D eigenvalue weighted by Crippen LogP contribution is -2.24. The zero-order chi connectivity index (χ0) is 42.8. The van der Waals surface area contributed by atoms with E-state index in [0.29, 0.717) is 34.7 Å². The summed E-state index contributed by atoms with van der Waals surface area (Å²) >= 11 is 3.51. The molecule has 0 bridgehead atoms. The number of aromatic nitrogens is 8. The highest BCUT2D eigenvalue weighted by Gasteiger charge is 2.17. The number of anilines is 2. The molecule has 0 spiro atoms. The number of hydrogen-bond donors (Lipinski definition) is 2. The molecule has 4 aromatic carbocycles. The number of nitrogens with zero attached hydrogens (tertiary/aromatic N) is 9. The van der Waals surface area contributed by atoms with E-state index in [-0.39, 0.29) is 11.1 Å². The summed E-state index contributed by atoms with van der Waals surface area (Å²) in [6.07, 6.45) is 7.14. The molecule has 1 aliphatic heterocycles. The van der Waals surface area contributed by atoms with Crippen molar-refractivity contribution in [2.24, 2.45) is 4.99 Å². The van der Waals surface area contributed by atoms with Gasteiger partial charge < -0.3 is 16.0 Å². The number of aryl methyl sites for hydroxylation is 4. The van der Waals surface area contributed by atoms with Gasteiger partial charge in [0.1, 0.15) is 23.9 Å². The van der Waals surface area contributed by atoms with E-state index in [2.05, 4.69) is 58.0 Å². The molecule has 304 valence electrons. The molecule has 1 aliphatic rings. The third-order valence-corrected chi connectivity index (χ3v) is 11.3. The molecule has 5 aromatic heterocycles. The van der Waals surface area contributed by atoms with Gasteiger partial charge in [0.2, 0.25) is 0 Å². The van der Waals surface area contributed by atoms with E-state index in [1.807, 2.05) is 122 Å². The minimum Gasteiger partial charge on any atom is -0.382 e. The maximum Gasteiger partial charge on any atom is 0.263 e. The van der Waals surface area contributed by atoms with E-state index in [4.69, 9.17) is 11.5 Å². The minimum atomic E-state index is -0.0338. The first-order chi connectivity index (χ1) is 29.5. The predicted octanol–water partition coefficient (Wildman–Crippen LogP) is 8.20. The zero-order valence-electron chi connectivity index (χ0n) is 34.0. The fourth-order valence-corrected chi connectivity index (χ4v) is 8.10. The van der Waals surface area contributed by atoms with Crippen LogP contribution in [0, 0.1) is 27.7 Å². The highest BCUT2D eigenvalue weighted by molar-refractivity contribution is 9.08. The standard InChI is InChI=1S/C23H20N6O.C18H16BrNO.C6H6N4/c1-14-6-3-4-9-18(14)29-17(10-16-8-5-7-15(2)19(16)23(29)30)11-28-13-27-20-21(24)25-12-26-22(20)28;1-12-6-3-4-9-16(12)20-15(11-19)10-14-8-5-7-13(2)17(14)18(20)21;7-6-5-4(1-2-8-5)9-3-10-6/h3-10,12-13H,11H2,1-2H3,(H2,24,25,26);3-10H,11H2,1-2H3;2-3H,1H2,(H2,7,9,10). The molecule has 0 saturated carbocycles. The third kappa shape index (κ3) is 7.80. The van der Waals surface area contributed by atoms with Crippen molar-refractivity contribution < 1.29 is 0 Å². The minimum absolute atomic E-state index is 0.0338. The maximum atomic E-state index is 13.7. The average Bonchev–Trinajstić information content (AvgIpc) is 3.91. The SMILES string of the molecule is Cc1ccccc1-n1c(CBr)cc2cccc(C)c2c1=O.Cc1ccccc1-n1c(Cn2cnc3c(N)ncnc32)cc2cccc(C)c2c1=O.Nc1ncnc2c1N=CC2. The molecule has 0 saturated heterocycles. The van der Waals surface area contributed by atoms with Crippen molar-refractivity contribution in [2.45, 2.75) is 46.0 Å². The third-order valence-electron chi connectivity index (χ3n) is 10.7. The van der Waals surface area contributed by atoms with Crippen LogP contribution in [0.2, 0.25) is 0 Å². The summed E-state index contributed by atoms with van der Waals surface area (Å²) in [5.41, 5.74) is 22.0. The number of aliphatic imine (C=N–C) groups is 1. The number of fused-ring (bicyclic) bond motifs is 4. The fourth-order valence-electron chi connectivity index (χ4n) is 7.68. The number of imidazole rings is 1. The molecule has 9 aromatic rings. The Morgan fingerprint density at radius 2 is 1.16 bits per heavy atom. The molecule has 14 heteroatoms. The molecule has 4 N–H and O–H groups in total. The number of benzene rings is 4. The van der Waals surface area contributed by atoms with Crippen molar-refractivity contribution in [3.05, 3.63) is 176 Å². The van der Waals surface area contributed by atoms with Gasteiger partial charge in [-0.2, -0.15) is 0 Å². The van der Waals surface area contributed by atoms with Crippen LogP contribution in [-0.2, 0) is 18.3 Å². The molecule has 0 atom stereocenters. The van der Waals surface area contributed by atoms with Crippen LogP contribution >= 0.6 is 15.9 Å². The second-order valence-electron chi connectivity index (χ2n) is 14.7. The van der Waals surface area contributed by atoms with Gasteiger partial charge >= 0.3 is 0 Å². The van der Waals surface area contributed by atoms with E-state index in [1.54, 1.807) is 17.1 Å². The molecule has 10 rings (SSSR count). The van der Waals surface area contributed by atoms with Crippen molar-refractivity contribution in [2.75, 3.05) is 11.5 Å². The van der Waals surface area contributed by atoms with Crippen molar-refractivity contribution in [1.82, 2.24) is 38.6 Å². The van der Waals surface area contributed by atoms with Crippen LogP contribution in [0.1, 0.15) is 39.3 Å². The number of nitrogens with two attached hydrogens (primary N) is 2. The second-order valence-corrected chi connectivity index (χ2v) is 15.3. The molecule has 0 amide bonds. The first-order valence-electron chi connectivity index (χ1n) is 19.5. The summed E-state index contributed by atoms with van der Waals surface area (Å²) < 4.78 is 5.50. The largest absolute Gasteiger partial charge is 0.382 e. The summed E-state index contributed by atoms with van der Waals surface area (Å²) in [6, 6.07) is 31.9. The Bertz CT molecular complexity index is 3280. The van der Waals surface area contributed by atoms with Crippen molar-refractivity contribution >= 4 is 72.2 Å². The topological polar surface area (TPSA) is 178 Å². The van der Waals surface area contributed by atoms with E-state index >= 15 is 0 Å². The lowest BCUT2D eigenvalue weighted by Gasteiger charge is -2.18. The van der Waals surface area contributed by atoms with E-state index in [9.17, 15) is 9.59 Å². The van der Waals surface area contributed by atoms with Crippen LogP contribution in [0.25, 0.3) is 44.1 Å². The summed E-state index contributed by atoms with van der Waals surface area (Å²) in [5, 5.41) is 4.08. The molecule has 6 heterocycles. The van der Waals surface area contributed by atoms with Crippen LogP contribution in [0.5, 0.6) is 0 Å². The van der Waals surface area contributed by atoms with Gasteiger partial charge in [0.05, 0.1) is 40.7 Å². The highest BCUT2D eigenvalue weighted by Crippen LogP contribution is 2.27. The van der Waals surface area contributed by atoms with Gasteiger partial charge in [-0.15, -0.1) is 0 Å². The summed E-state index contributed by atoms with van der Waals surface area (Å²) in [5.74, 6) is 0.808. The van der Waals surface area contributed by atoms with Gasteiger partial charge in [0.25, 0.3) is 11.1 Å². The number of nitrogen functional groups attached to an aromatic ring is 2. The smallest absolute Gasteiger partial charge is 0.263 e. The highest BCUT2D eigenvalue weighted by atomic mass is 79.9. The molecule has 0 unspecified atom stereocenters. The van der Waals surface area contributed by atoms with Crippen molar-refractivity contribution in [1.29, 1.82) is 0 Å².